The van der Waals surface area contributed by atoms with Crippen LogP contribution in [-0.2, 0) is 6.54 Å². The SMILES string of the molecule is CCNCc1cccc(Cl)c1N(C)C(C)c1cccs1. The van der Waals surface area contributed by atoms with E-state index in [4.69, 9.17) is 11.6 Å². The number of halogens is 1. The number of benzene rings is 1. The summed E-state index contributed by atoms with van der Waals surface area (Å²) in [5.74, 6) is 0. The first-order chi connectivity index (χ1) is 9.65. The molecule has 2 rings (SSSR count). The Hall–Kier alpha value is -1.03. The molecule has 20 heavy (non-hydrogen) atoms. The summed E-state index contributed by atoms with van der Waals surface area (Å²) in [6, 6.07) is 10.7. The third kappa shape index (κ3) is 3.35. The van der Waals surface area contributed by atoms with Crippen LogP contribution >= 0.6 is 22.9 Å². The molecule has 1 atom stereocenters. The van der Waals surface area contributed by atoms with Gasteiger partial charge >= 0.3 is 0 Å². The van der Waals surface area contributed by atoms with Crippen LogP contribution in [0.2, 0.25) is 5.02 Å². The zero-order chi connectivity index (χ0) is 14.5. The van der Waals surface area contributed by atoms with Crippen molar-refractivity contribution in [3.63, 3.8) is 0 Å². The van der Waals surface area contributed by atoms with Crippen LogP contribution in [0.5, 0.6) is 0 Å². The van der Waals surface area contributed by atoms with Crippen molar-refractivity contribution in [2.24, 2.45) is 0 Å². The van der Waals surface area contributed by atoms with Crippen LogP contribution < -0.4 is 10.2 Å². The fourth-order valence-corrected chi connectivity index (χ4v) is 3.42. The number of nitrogens with zero attached hydrogens (tertiary/aromatic N) is 1. The summed E-state index contributed by atoms with van der Waals surface area (Å²) in [4.78, 5) is 3.61. The van der Waals surface area contributed by atoms with Gasteiger partial charge in [0.2, 0.25) is 0 Å². The van der Waals surface area contributed by atoms with E-state index in [2.05, 4.69) is 54.7 Å². The smallest absolute Gasteiger partial charge is 0.0643 e. The largest absolute Gasteiger partial charge is 0.366 e. The van der Waals surface area contributed by atoms with E-state index in [1.165, 1.54) is 10.4 Å². The van der Waals surface area contributed by atoms with Crippen LogP contribution in [-0.4, -0.2) is 13.6 Å². The second-order valence-electron chi connectivity index (χ2n) is 4.83. The molecule has 1 aromatic heterocycles. The number of hydrogen-bond donors (Lipinski definition) is 1. The van der Waals surface area contributed by atoms with Crippen molar-refractivity contribution in [3.8, 4) is 0 Å². The molecule has 0 saturated heterocycles. The Kier molecular flexibility index (Phi) is 5.46. The van der Waals surface area contributed by atoms with Crippen LogP contribution in [0.3, 0.4) is 0 Å². The average molecular weight is 309 g/mol. The van der Waals surface area contributed by atoms with Crippen molar-refractivity contribution in [1.82, 2.24) is 5.32 Å². The molecular weight excluding hydrogens is 288 g/mol. The first-order valence-corrected chi connectivity index (χ1v) is 8.15. The fourth-order valence-electron chi connectivity index (χ4n) is 2.27. The molecule has 4 heteroatoms. The van der Waals surface area contributed by atoms with Gasteiger partial charge in [0.25, 0.3) is 0 Å². The third-order valence-electron chi connectivity index (χ3n) is 3.52. The van der Waals surface area contributed by atoms with Crippen molar-refractivity contribution in [1.29, 1.82) is 0 Å². The topological polar surface area (TPSA) is 15.3 Å². The lowest BCUT2D eigenvalue weighted by atomic mass is 10.1. The lowest BCUT2D eigenvalue weighted by Gasteiger charge is -2.29. The van der Waals surface area contributed by atoms with Crippen LogP contribution in [0, 0.1) is 0 Å². The molecular formula is C16H21ClN2S. The summed E-state index contributed by atoms with van der Waals surface area (Å²) >= 11 is 8.23. The minimum atomic E-state index is 0.315. The predicted octanol–water partition coefficient (Wildman–Crippen LogP) is 4.71. The van der Waals surface area contributed by atoms with E-state index in [0.717, 1.165) is 23.8 Å². The lowest BCUT2D eigenvalue weighted by molar-refractivity contribution is 0.708. The highest BCUT2D eigenvalue weighted by Crippen LogP contribution is 2.35. The maximum Gasteiger partial charge on any atom is 0.0643 e. The monoisotopic (exact) mass is 308 g/mol. The van der Waals surface area contributed by atoms with E-state index in [1.807, 2.05) is 12.1 Å². The Morgan fingerprint density at radius 2 is 2.10 bits per heavy atom. The van der Waals surface area contributed by atoms with Crippen LogP contribution in [0.4, 0.5) is 5.69 Å². The Morgan fingerprint density at radius 1 is 1.30 bits per heavy atom. The van der Waals surface area contributed by atoms with Crippen LogP contribution in [0.1, 0.15) is 30.3 Å². The van der Waals surface area contributed by atoms with Gasteiger partial charge < -0.3 is 10.2 Å². The van der Waals surface area contributed by atoms with Gasteiger partial charge in [0.1, 0.15) is 0 Å². The number of nitrogens with one attached hydrogen (secondary N) is 1. The van der Waals surface area contributed by atoms with Gasteiger partial charge in [0.05, 0.1) is 16.8 Å². The molecule has 0 radical (unpaired) electrons. The highest BCUT2D eigenvalue weighted by Gasteiger charge is 2.18. The minimum absolute atomic E-state index is 0.315. The van der Waals surface area contributed by atoms with E-state index in [-0.39, 0.29) is 0 Å². The van der Waals surface area contributed by atoms with E-state index < -0.39 is 0 Å². The summed E-state index contributed by atoms with van der Waals surface area (Å²) in [7, 11) is 2.11. The second kappa shape index (κ2) is 7.11. The van der Waals surface area contributed by atoms with Gasteiger partial charge in [-0.3, -0.25) is 0 Å². The molecule has 1 unspecified atom stereocenters. The van der Waals surface area contributed by atoms with E-state index in [1.54, 1.807) is 11.3 Å². The van der Waals surface area contributed by atoms with Crippen molar-refractivity contribution < 1.29 is 0 Å². The Bertz CT molecular complexity index is 539. The zero-order valence-corrected chi connectivity index (χ0v) is 13.8. The molecule has 1 N–H and O–H groups in total. The number of para-hydroxylation sites is 1. The lowest BCUT2D eigenvalue weighted by Crippen LogP contribution is -2.24. The van der Waals surface area contributed by atoms with Gasteiger partial charge in [0, 0.05) is 18.5 Å². The molecule has 0 bridgehead atoms. The Morgan fingerprint density at radius 3 is 2.75 bits per heavy atom. The first-order valence-electron chi connectivity index (χ1n) is 6.89. The summed E-state index contributed by atoms with van der Waals surface area (Å²) < 4.78 is 0. The van der Waals surface area contributed by atoms with E-state index in [9.17, 15) is 0 Å². The summed E-state index contributed by atoms with van der Waals surface area (Å²) in [6.45, 7) is 6.12. The average Bonchev–Trinajstić information content (AvgIpc) is 2.97. The molecule has 1 heterocycles. The van der Waals surface area contributed by atoms with E-state index >= 15 is 0 Å². The van der Waals surface area contributed by atoms with Gasteiger partial charge in [-0.1, -0.05) is 36.7 Å². The summed E-state index contributed by atoms with van der Waals surface area (Å²) in [6.07, 6.45) is 0. The highest BCUT2D eigenvalue weighted by molar-refractivity contribution is 7.10. The van der Waals surface area contributed by atoms with Crippen molar-refractivity contribution >= 4 is 28.6 Å². The molecule has 0 aliphatic heterocycles. The van der Waals surface area contributed by atoms with E-state index in [0.29, 0.717) is 6.04 Å². The van der Waals surface area contributed by atoms with Crippen LogP contribution in [0.25, 0.3) is 0 Å². The normalized spacial score (nSPS) is 12.4. The first kappa shape index (κ1) is 15.4. The molecule has 0 aliphatic carbocycles. The zero-order valence-electron chi connectivity index (χ0n) is 12.2. The number of rotatable bonds is 6. The van der Waals surface area contributed by atoms with Gasteiger partial charge in [-0.15, -0.1) is 11.3 Å². The summed E-state index contributed by atoms with van der Waals surface area (Å²) in [5, 5.41) is 6.31. The molecule has 2 aromatic rings. The van der Waals surface area contributed by atoms with Gasteiger partial charge in [0.15, 0.2) is 0 Å². The molecule has 0 aliphatic rings. The van der Waals surface area contributed by atoms with Crippen molar-refractivity contribution in [2.45, 2.75) is 26.4 Å². The molecule has 1 aromatic carbocycles. The number of thiophene rings is 1. The van der Waals surface area contributed by atoms with Gasteiger partial charge in [-0.2, -0.15) is 0 Å². The minimum Gasteiger partial charge on any atom is -0.366 e. The maximum absolute atomic E-state index is 6.44. The standard InChI is InChI=1S/C16H21ClN2S/c1-4-18-11-13-7-5-8-14(17)16(13)19(3)12(2)15-9-6-10-20-15/h5-10,12,18H,4,11H2,1-3H3. The molecule has 108 valence electrons. The molecule has 0 spiro atoms. The molecule has 0 saturated carbocycles. The highest BCUT2D eigenvalue weighted by atomic mass is 35.5. The number of hydrogen-bond acceptors (Lipinski definition) is 3. The predicted molar refractivity (Wildman–Crippen MR) is 90.0 cm³/mol. The maximum atomic E-state index is 6.44. The van der Waals surface area contributed by atoms with Crippen molar-refractivity contribution in [2.75, 3.05) is 18.5 Å². The summed E-state index contributed by atoms with van der Waals surface area (Å²) in [5.41, 5.74) is 2.36. The Balaban J connectivity index is 2.30. The molecule has 2 nitrogen and oxygen atoms in total. The van der Waals surface area contributed by atoms with Gasteiger partial charge in [-0.25, -0.2) is 0 Å². The quantitative estimate of drug-likeness (QED) is 0.831. The molecule has 0 amide bonds. The second-order valence-corrected chi connectivity index (χ2v) is 6.22. The fraction of sp³-hybridized carbons (Fsp3) is 0.375. The number of anilines is 1. The third-order valence-corrected chi connectivity index (χ3v) is 4.87. The van der Waals surface area contributed by atoms with Crippen LogP contribution in [0.15, 0.2) is 35.7 Å². The van der Waals surface area contributed by atoms with Crippen molar-refractivity contribution in [3.05, 3.63) is 51.2 Å². The molecule has 0 fully saturated rings. The van der Waals surface area contributed by atoms with Gasteiger partial charge in [-0.05, 0) is 36.5 Å². The Labute approximate surface area is 130 Å².